The van der Waals surface area contributed by atoms with Crippen LogP contribution in [0.5, 0.6) is 0 Å². The molecule has 0 aliphatic rings. The molecule has 0 saturated heterocycles. The fraction of sp³-hybridized carbons (Fsp3) is 0.222. The highest BCUT2D eigenvalue weighted by Gasteiger charge is 2.07. The SMILES string of the molecule is O=C=NC(CF)c1ccccc1. The molecule has 3 heteroatoms. The largest absolute Gasteiger partial charge is 0.248 e. The molecule has 62 valence electrons. The van der Waals surface area contributed by atoms with Crippen molar-refractivity contribution < 1.29 is 9.18 Å². The van der Waals surface area contributed by atoms with Crippen molar-refractivity contribution in [3.8, 4) is 0 Å². The van der Waals surface area contributed by atoms with Gasteiger partial charge in [0.15, 0.2) is 0 Å². The van der Waals surface area contributed by atoms with Gasteiger partial charge in [-0.3, -0.25) is 0 Å². The maximum absolute atomic E-state index is 12.3. The van der Waals surface area contributed by atoms with Gasteiger partial charge in [-0.15, -0.1) is 0 Å². The third kappa shape index (κ3) is 2.01. The van der Waals surface area contributed by atoms with Crippen LogP contribution in [0.1, 0.15) is 11.6 Å². The van der Waals surface area contributed by atoms with Crippen molar-refractivity contribution in [2.24, 2.45) is 4.99 Å². The van der Waals surface area contributed by atoms with Gasteiger partial charge in [0, 0.05) is 0 Å². The van der Waals surface area contributed by atoms with E-state index in [0.717, 1.165) is 0 Å². The molecule has 2 nitrogen and oxygen atoms in total. The number of benzene rings is 1. The fourth-order valence-corrected chi connectivity index (χ4v) is 0.937. The highest BCUT2D eigenvalue weighted by atomic mass is 19.1. The van der Waals surface area contributed by atoms with Gasteiger partial charge in [0.25, 0.3) is 0 Å². The minimum atomic E-state index is -0.691. The summed E-state index contributed by atoms with van der Waals surface area (Å²) in [4.78, 5) is 13.2. The molecule has 0 aliphatic heterocycles. The summed E-state index contributed by atoms with van der Waals surface area (Å²) in [6, 6.07) is 8.14. The molecule has 0 spiro atoms. The van der Waals surface area contributed by atoms with Crippen molar-refractivity contribution in [2.75, 3.05) is 6.67 Å². The molecule has 12 heavy (non-hydrogen) atoms. The fourth-order valence-electron chi connectivity index (χ4n) is 0.937. The van der Waals surface area contributed by atoms with Crippen LogP contribution in [0.3, 0.4) is 0 Å². The van der Waals surface area contributed by atoms with E-state index in [1.807, 2.05) is 6.07 Å². The molecule has 0 radical (unpaired) electrons. The van der Waals surface area contributed by atoms with E-state index in [4.69, 9.17) is 0 Å². The number of carbonyl (C=O) groups excluding carboxylic acids is 1. The second-order valence-corrected chi connectivity index (χ2v) is 2.30. The van der Waals surface area contributed by atoms with Gasteiger partial charge in [-0.2, -0.15) is 4.99 Å². The zero-order chi connectivity index (χ0) is 8.81. The zero-order valence-electron chi connectivity index (χ0n) is 6.40. The maximum Gasteiger partial charge on any atom is 0.235 e. The molecule has 0 saturated carbocycles. The molecule has 0 aliphatic carbocycles. The second-order valence-electron chi connectivity index (χ2n) is 2.30. The van der Waals surface area contributed by atoms with Gasteiger partial charge >= 0.3 is 0 Å². The van der Waals surface area contributed by atoms with E-state index in [1.165, 1.54) is 6.08 Å². The minimum Gasteiger partial charge on any atom is -0.248 e. The Bertz CT molecular complexity index is 280. The number of rotatable bonds is 3. The predicted octanol–water partition coefficient (Wildman–Crippen LogP) is 2.03. The lowest BCUT2D eigenvalue weighted by molar-refractivity contribution is 0.436. The first-order valence-corrected chi connectivity index (χ1v) is 3.56. The van der Waals surface area contributed by atoms with E-state index >= 15 is 0 Å². The van der Waals surface area contributed by atoms with Crippen molar-refractivity contribution in [3.05, 3.63) is 35.9 Å². The summed E-state index contributed by atoms with van der Waals surface area (Å²) in [5.74, 6) is 0. The predicted molar refractivity (Wildman–Crippen MR) is 43.3 cm³/mol. The molecule has 0 N–H and O–H groups in total. The van der Waals surface area contributed by atoms with Gasteiger partial charge in [0.05, 0.1) is 0 Å². The number of halogens is 1. The lowest BCUT2D eigenvalue weighted by atomic mass is 10.1. The molecule has 0 aromatic heterocycles. The molecule has 1 aromatic rings. The maximum atomic E-state index is 12.3. The lowest BCUT2D eigenvalue weighted by Gasteiger charge is -2.04. The van der Waals surface area contributed by atoms with Gasteiger partial charge in [0.2, 0.25) is 6.08 Å². The molecule has 0 amide bonds. The standard InChI is InChI=1S/C9H8FNO/c10-6-9(11-7-12)8-4-2-1-3-5-8/h1-5,9H,6H2. The number of isocyanates is 1. The minimum absolute atomic E-state index is 0.667. The van der Waals surface area contributed by atoms with E-state index in [-0.39, 0.29) is 0 Å². The average Bonchev–Trinajstić information content (AvgIpc) is 2.15. The van der Waals surface area contributed by atoms with Crippen LogP contribution in [-0.2, 0) is 4.79 Å². The highest BCUT2D eigenvalue weighted by molar-refractivity contribution is 5.35. The first-order chi connectivity index (χ1) is 5.88. The Labute approximate surface area is 69.7 Å². The zero-order valence-corrected chi connectivity index (χ0v) is 6.40. The summed E-state index contributed by atoms with van der Waals surface area (Å²) in [7, 11) is 0. The normalized spacial score (nSPS) is 11.8. The second kappa shape index (κ2) is 4.42. The van der Waals surface area contributed by atoms with E-state index < -0.39 is 12.7 Å². The molecular weight excluding hydrogens is 157 g/mol. The smallest absolute Gasteiger partial charge is 0.235 e. The number of alkyl halides is 1. The Morgan fingerprint density at radius 2 is 2.08 bits per heavy atom. The Hall–Kier alpha value is -1.47. The number of aliphatic imine (C=N–C) groups is 1. The van der Waals surface area contributed by atoms with Crippen LogP contribution in [0.15, 0.2) is 35.3 Å². The van der Waals surface area contributed by atoms with E-state index in [2.05, 4.69) is 4.99 Å². The summed E-state index contributed by atoms with van der Waals surface area (Å²) >= 11 is 0. The van der Waals surface area contributed by atoms with Crippen LogP contribution in [0, 0.1) is 0 Å². The summed E-state index contributed by atoms with van der Waals surface area (Å²) in [6.45, 7) is -0.667. The van der Waals surface area contributed by atoms with E-state index in [1.54, 1.807) is 24.3 Å². The summed E-state index contributed by atoms with van der Waals surface area (Å²) in [6.07, 6.45) is 1.35. The molecule has 0 heterocycles. The number of nitrogens with zero attached hydrogens (tertiary/aromatic N) is 1. The first-order valence-electron chi connectivity index (χ1n) is 3.56. The number of hydrogen-bond acceptors (Lipinski definition) is 2. The molecule has 1 rings (SSSR count). The van der Waals surface area contributed by atoms with Crippen molar-refractivity contribution in [2.45, 2.75) is 6.04 Å². The van der Waals surface area contributed by atoms with Gasteiger partial charge in [-0.05, 0) is 5.56 Å². The molecule has 1 aromatic carbocycles. The highest BCUT2D eigenvalue weighted by Crippen LogP contribution is 2.16. The molecule has 0 bridgehead atoms. The van der Waals surface area contributed by atoms with Crippen molar-refractivity contribution >= 4 is 6.08 Å². The van der Waals surface area contributed by atoms with Crippen molar-refractivity contribution in [3.63, 3.8) is 0 Å². The van der Waals surface area contributed by atoms with Crippen LogP contribution < -0.4 is 0 Å². The average molecular weight is 165 g/mol. The molecular formula is C9H8FNO. The van der Waals surface area contributed by atoms with E-state index in [9.17, 15) is 9.18 Å². The first kappa shape index (κ1) is 8.62. The van der Waals surface area contributed by atoms with Crippen molar-refractivity contribution in [1.82, 2.24) is 0 Å². The van der Waals surface area contributed by atoms with Crippen LogP contribution in [0.25, 0.3) is 0 Å². The lowest BCUT2D eigenvalue weighted by Crippen LogP contribution is -1.96. The third-order valence-corrected chi connectivity index (χ3v) is 1.54. The Morgan fingerprint density at radius 3 is 2.58 bits per heavy atom. The van der Waals surface area contributed by atoms with Crippen molar-refractivity contribution in [1.29, 1.82) is 0 Å². The third-order valence-electron chi connectivity index (χ3n) is 1.54. The monoisotopic (exact) mass is 165 g/mol. The van der Waals surface area contributed by atoms with Crippen LogP contribution >= 0.6 is 0 Å². The van der Waals surface area contributed by atoms with Crippen LogP contribution in [0.4, 0.5) is 4.39 Å². The van der Waals surface area contributed by atoms with Gasteiger partial charge in [0.1, 0.15) is 12.7 Å². The van der Waals surface area contributed by atoms with Crippen LogP contribution in [-0.4, -0.2) is 12.8 Å². The molecule has 1 atom stereocenters. The molecule has 1 unspecified atom stereocenters. The summed E-state index contributed by atoms with van der Waals surface area (Å²) in [5, 5.41) is 0. The van der Waals surface area contributed by atoms with Gasteiger partial charge < -0.3 is 0 Å². The summed E-state index contributed by atoms with van der Waals surface area (Å²) in [5.41, 5.74) is 0.698. The van der Waals surface area contributed by atoms with Gasteiger partial charge in [-0.25, -0.2) is 9.18 Å². The van der Waals surface area contributed by atoms with Gasteiger partial charge in [-0.1, -0.05) is 30.3 Å². The van der Waals surface area contributed by atoms with E-state index in [0.29, 0.717) is 5.56 Å². The quantitative estimate of drug-likeness (QED) is 0.497. The number of hydrogen-bond donors (Lipinski definition) is 0. The van der Waals surface area contributed by atoms with Crippen LogP contribution in [0.2, 0.25) is 0 Å². The Balaban J connectivity index is 2.87. The Kier molecular flexibility index (Phi) is 3.17. The Morgan fingerprint density at radius 1 is 1.42 bits per heavy atom. The molecule has 0 fully saturated rings. The topological polar surface area (TPSA) is 29.4 Å². The summed E-state index contributed by atoms with van der Waals surface area (Å²) < 4.78 is 12.3.